The number of carbonyl (C=O) groups excluding carboxylic acids is 2. The highest BCUT2D eigenvalue weighted by Gasteiger charge is 2.74. The third-order valence-corrected chi connectivity index (χ3v) is 8.83. The summed E-state index contributed by atoms with van der Waals surface area (Å²) in [5.74, 6) is -1.14. The highest BCUT2D eigenvalue weighted by atomic mass is 16.5. The molecule has 6 heteroatoms. The molecule has 4 aliphatic rings. The summed E-state index contributed by atoms with van der Waals surface area (Å²) in [6.07, 6.45) is -0.722. The molecule has 0 amide bonds. The van der Waals surface area contributed by atoms with Crippen molar-refractivity contribution in [2.75, 3.05) is 7.11 Å². The van der Waals surface area contributed by atoms with Crippen LogP contribution in [0.25, 0.3) is 0 Å². The van der Waals surface area contributed by atoms with Crippen LogP contribution in [0, 0.1) is 34.0 Å². The Hall–Kier alpha value is -1.24. The number of esters is 1. The van der Waals surface area contributed by atoms with Crippen LogP contribution in [-0.4, -0.2) is 52.5 Å². The Balaban J connectivity index is 1.89. The SMILES string of the molecule is C=C1C(=O)[C@]23C[C@@H]1CC[C@H]2[C@]1(C)[C@@H](O)[C@@H](O)C[C@@](C)(C(=O)OC)[C@H]1C[C@@H]3O. The molecule has 0 saturated heterocycles. The lowest BCUT2D eigenvalue weighted by Crippen LogP contribution is -2.70. The van der Waals surface area contributed by atoms with Gasteiger partial charge in [-0.1, -0.05) is 13.5 Å². The van der Waals surface area contributed by atoms with Crippen molar-refractivity contribution in [2.45, 2.75) is 64.3 Å². The van der Waals surface area contributed by atoms with E-state index in [9.17, 15) is 24.9 Å². The topological polar surface area (TPSA) is 104 Å². The molecule has 0 unspecified atom stereocenters. The predicted molar refractivity (Wildman–Crippen MR) is 96.4 cm³/mol. The second-order valence-corrected chi connectivity index (χ2v) is 9.72. The maximum atomic E-state index is 13.2. The first-order valence-corrected chi connectivity index (χ1v) is 9.91. The number of rotatable bonds is 1. The predicted octanol–water partition coefficient (Wildman–Crippen LogP) is 1.22. The molecule has 0 aromatic carbocycles. The molecule has 0 heterocycles. The Morgan fingerprint density at radius 2 is 1.81 bits per heavy atom. The van der Waals surface area contributed by atoms with E-state index >= 15 is 0 Å². The maximum absolute atomic E-state index is 13.2. The van der Waals surface area contributed by atoms with Crippen LogP contribution in [0.5, 0.6) is 0 Å². The molecular formula is C21H30O6. The van der Waals surface area contributed by atoms with E-state index < -0.39 is 40.5 Å². The molecule has 27 heavy (non-hydrogen) atoms. The second-order valence-electron chi connectivity index (χ2n) is 9.72. The lowest BCUT2D eigenvalue weighted by atomic mass is 9.39. The molecule has 9 atom stereocenters. The number of allylic oxidation sites excluding steroid dienone is 1. The average Bonchev–Trinajstić information content (AvgIpc) is 2.83. The van der Waals surface area contributed by atoms with Gasteiger partial charge >= 0.3 is 5.97 Å². The van der Waals surface area contributed by atoms with Gasteiger partial charge in [-0.15, -0.1) is 0 Å². The number of ether oxygens (including phenoxy) is 1. The van der Waals surface area contributed by atoms with Crippen molar-refractivity contribution in [2.24, 2.45) is 34.0 Å². The van der Waals surface area contributed by atoms with Crippen LogP contribution in [0.4, 0.5) is 0 Å². The second kappa shape index (κ2) is 5.65. The number of fused-ring (bicyclic) bond motifs is 3. The van der Waals surface area contributed by atoms with Crippen LogP contribution in [0.1, 0.15) is 46.0 Å². The molecule has 150 valence electrons. The molecule has 1 spiro atoms. The number of ketones is 1. The van der Waals surface area contributed by atoms with Crippen molar-refractivity contribution < 1.29 is 29.6 Å². The van der Waals surface area contributed by atoms with Crippen LogP contribution in [0.15, 0.2) is 12.2 Å². The Labute approximate surface area is 159 Å². The molecule has 0 aromatic rings. The van der Waals surface area contributed by atoms with Crippen molar-refractivity contribution in [1.29, 1.82) is 0 Å². The van der Waals surface area contributed by atoms with Crippen molar-refractivity contribution >= 4 is 11.8 Å². The number of hydrogen-bond donors (Lipinski definition) is 3. The molecule has 3 N–H and O–H groups in total. The van der Waals surface area contributed by atoms with Gasteiger partial charge in [0, 0.05) is 5.41 Å². The zero-order valence-corrected chi connectivity index (χ0v) is 16.3. The fourth-order valence-corrected chi connectivity index (χ4v) is 7.55. The van der Waals surface area contributed by atoms with E-state index in [4.69, 9.17) is 4.74 Å². The molecule has 0 aliphatic heterocycles. The lowest BCUT2D eigenvalue weighted by molar-refractivity contribution is -0.257. The Morgan fingerprint density at radius 1 is 1.15 bits per heavy atom. The number of aliphatic hydroxyl groups is 3. The van der Waals surface area contributed by atoms with E-state index in [0.717, 1.165) is 6.42 Å². The normalized spacial score (nSPS) is 54.3. The molecule has 2 bridgehead atoms. The van der Waals surface area contributed by atoms with E-state index in [2.05, 4.69) is 6.58 Å². The first-order chi connectivity index (χ1) is 12.5. The molecule has 4 saturated carbocycles. The van der Waals surface area contributed by atoms with E-state index in [-0.39, 0.29) is 36.4 Å². The molecule has 6 nitrogen and oxygen atoms in total. The monoisotopic (exact) mass is 378 g/mol. The van der Waals surface area contributed by atoms with E-state index in [1.54, 1.807) is 6.92 Å². The molecule has 4 rings (SSSR count). The molecule has 4 aliphatic carbocycles. The largest absolute Gasteiger partial charge is 0.469 e. The minimum Gasteiger partial charge on any atom is -0.469 e. The summed E-state index contributed by atoms with van der Waals surface area (Å²) in [6, 6.07) is 0. The van der Waals surface area contributed by atoms with Crippen LogP contribution in [0.2, 0.25) is 0 Å². The van der Waals surface area contributed by atoms with E-state index in [1.165, 1.54) is 7.11 Å². The molecule has 0 aromatic heterocycles. The van der Waals surface area contributed by atoms with Gasteiger partial charge in [-0.25, -0.2) is 0 Å². The number of aliphatic hydroxyl groups excluding tert-OH is 3. The van der Waals surface area contributed by atoms with Gasteiger partial charge in [0.15, 0.2) is 5.78 Å². The number of methoxy groups -OCH3 is 1. The Kier molecular flexibility index (Phi) is 3.99. The fourth-order valence-electron chi connectivity index (χ4n) is 7.55. The van der Waals surface area contributed by atoms with Crippen molar-refractivity contribution in [3.63, 3.8) is 0 Å². The number of hydrogen-bond acceptors (Lipinski definition) is 6. The van der Waals surface area contributed by atoms with Gasteiger partial charge < -0.3 is 20.1 Å². The number of Topliss-reactive ketones (excluding diaryl/α,β-unsaturated/α-hetero) is 1. The summed E-state index contributed by atoms with van der Waals surface area (Å²) in [7, 11) is 1.32. The first kappa shape index (κ1) is 19.1. The molecule has 0 radical (unpaired) electrons. The Morgan fingerprint density at radius 3 is 2.44 bits per heavy atom. The third-order valence-electron chi connectivity index (χ3n) is 8.83. The highest BCUT2D eigenvalue weighted by Crippen LogP contribution is 2.71. The van der Waals surface area contributed by atoms with Crippen molar-refractivity contribution in [3.8, 4) is 0 Å². The van der Waals surface area contributed by atoms with Gasteiger partial charge in [0.25, 0.3) is 0 Å². The Bertz CT molecular complexity index is 717. The molecule has 4 fully saturated rings. The summed E-state index contributed by atoms with van der Waals surface area (Å²) in [5, 5.41) is 33.0. The first-order valence-electron chi connectivity index (χ1n) is 9.91. The zero-order chi connectivity index (χ0) is 19.9. The summed E-state index contributed by atoms with van der Waals surface area (Å²) in [4.78, 5) is 25.9. The summed E-state index contributed by atoms with van der Waals surface area (Å²) < 4.78 is 5.05. The van der Waals surface area contributed by atoms with Crippen LogP contribution in [-0.2, 0) is 14.3 Å². The standard InChI is InChI=1S/C21H30O6/c1-10-11-5-6-13-20(3)14(7-15(23)21(13,8-11)16(10)24)19(2,18(26)27-4)9-12(22)17(20)25/h11-15,17,22-23,25H,1,5-9H2,2-4H3/t11-,12-,13-,14+,15-,17-,19+,20-,21+/m0/s1. The number of carbonyl (C=O) groups is 2. The van der Waals surface area contributed by atoms with Gasteiger partial charge in [0.2, 0.25) is 0 Å². The smallest absolute Gasteiger partial charge is 0.311 e. The molecular weight excluding hydrogens is 348 g/mol. The fraction of sp³-hybridized carbons (Fsp3) is 0.810. The quantitative estimate of drug-likeness (QED) is 0.468. The van der Waals surface area contributed by atoms with Gasteiger partial charge in [-0.05, 0) is 62.4 Å². The van der Waals surface area contributed by atoms with Crippen molar-refractivity contribution in [3.05, 3.63) is 12.2 Å². The highest BCUT2D eigenvalue weighted by molar-refractivity contribution is 6.03. The average molecular weight is 378 g/mol. The van der Waals surface area contributed by atoms with Crippen LogP contribution >= 0.6 is 0 Å². The summed E-state index contributed by atoms with van der Waals surface area (Å²) >= 11 is 0. The van der Waals surface area contributed by atoms with E-state index in [1.807, 2.05) is 6.92 Å². The van der Waals surface area contributed by atoms with Crippen molar-refractivity contribution in [1.82, 2.24) is 0 Å². The van der Waals surface area contributed by atoms with Gasteiger partial charge in [0.1, 0.15) is 0 Å². The lowest BCUT2D eigenvalue weighted by Gasteiger charge is -2.66. The summed E-state index contributed by atoms with van der Waals surface area (Å²) in [6.45, 7) is 7.62. The zero-order valence-electron chi connectivity index (χ0n) is 16.3. The van der Waals surface area contributed by atoms with Crippen LogP contribution < -0.4 is 0 Å². The maximum Gasteiger partial charge on any atom is 0.311 e. The van der Waals surface area contributed by atoms with Crippen LogP contribution in [0.3, 0.4) is 0 Å². The minimum absolute atomic E-state index is 0.0802. The minimum atomic E-state index is -1.08. The third kappa shape index (κ3) is 2.02. The summed E-state index contributed by atoms with van der Waals surface area (Å²) in [5.41, 5.74) is -2.27. The van der Waals surface area contributed by atoms with E-state index in [0.29, 0.717) is 18.4 Å². The van der Waals surface area contributed by atoms with Gasteiger partial charge in [0.05, 0.1) is 36.3 Å². The van der Waals surface area contributed by atoms with Gasteiger partial charge in [-0.2, -0.15) is 0 Å². The van der Waals surface area contributed by atoms with Gasteiger partial charge in [-0.3, -0.25) is 9.59 Å².